The van der Waals surface area contributed by atoms with Gasteiger partial charge in [0.05, 0.1) is 6.10 Å². The van der Waals surface area contributed by atoms with Gasteiger partial charge in [0.1, 0.15) is 5.52 Å². The quantitative estimate of drug-likeness (QED) is 0.853. The number of benzene rings is 1. The van der Waals surface area contributed by atoms with E-state index < -0.39 is 0 Å². The second-order valence-electron chi connectivity index (χ2n) is 5.17. The van der Waals surface area contributed by atoms with Crippen molar-refractivity contribution in [1.82, 2.24) is 4.98 Å². The lowest BCUT2D eigenvalue weighted by Gasteiger charge is -2.30. The number of rotatable bonds is 2. The van der Waals surface area contributed by atoms with Crippen molar-refractivity contribution < 1.29 is 9.52 Å². The lowest BCUT2D eigenvalue weighted by atomic mass is 9.80. The Morgan fingerprint density at radius 3 is 2.83 bits per heavy atom. The summed E-state index contributed by atoms with van der Waals surface area (Å²) in [6, 6.07) is 5.98. The molecule has 0 amide bonds. The average Bonchev–Trinajstić information content (AvgIpc) is 2.86. The molecule has 0 bridgehead atoms. The third-order valence-electron chi connectivity index (χ3n) is 3.99. The normalized spacial score (nSPS) is 26.3. The van der Waals surface area contributed by atoms with Gasteiger partial charge in [-0.2, -0.15) is 0 Å². The van der Waals surface area contributed by atoms with Crippen molar-refractivity contribution in [2.75, 3.05) is 0 Å². The van der Waals surface area contributed by atoms with Crippen LogP contribution in [0.15, 0.2) is 29.0 Å². The van der Waals surface area contributed by atoms with E-state index in [1.807, 2.05) is 18.2 Å². The molecule has 1 aliphatic rings. The zero-order chi connectivity index (χ0) is 12.5. The van der Waals surface area contributed by atoms with Gasteiger partial charge in [0, 0.05) is 6.04 Å². The van der Waals surface area contributed by atoms with Crippen LogP contribution in [0, 0.1) is 5.92 Å². The van der Waals surface area contributed by atoms with Crippen LogP contribution in [0.3, 0.4) is 0 Å². The smallest absolute Gasteiger partial charge is 0.181 e. The predicted octanol–water partition coefficient (Wildman–Crippen LogP) is 2.38. The van der Waals surface area contributed by atoms with E-state index in [-0.39, 0.29) is 12.1 Å². The molecule has 1 atom stereocenters. The van der Waals surface area contributed by atoms with Gasteiger partial charge in [-0.05, 0) is 49.3 Å². The maximum absolute atomic E-state index is 9.53. The molecular weight excluding hydrogens is 228 g/mol. The maximum Gasteiger partial charge on any atom is 0.181 e. The molecule has 1 fully saturated rings. The summed E-state index contributed by atoms with van der Waals surface area (Å²) in [5.74, 6) is 0.453. The number of hydrogen-bond acceptors (Lipinski definition) is 4. The summed E-state index contributed by atoms with van der Waals surface area (Å²) < 4.78 is 5.31. The van der Waals surface area contributed by atoms with E-state index in [0.29, 0.717) is 5.92 Å². The van der Waals surface area contributed by atoms with E-state index in [9.17, 15) is 5.11 Å². The molecule has 18 heavy (non-hydrogen) atoms. The third-order valence-corrected chi connectivity index (χ3v) is 3.99. The predicted molar refractivity (Wildman–Crippen MR) is 68.9 cm³/mol. The summed E-state index contributed by atoms with van der Waals surface area (Å²) in [6.07, 6.45) is 5.04. The van der Waals surface area contributed by atoms with Crippen molar-refractivity contribution in [3.63, 3.8) is 0 Å². The Labute approximate surface area is 106 Å². The molecule has 1 aromatic heterocycles. The van der Waals surface area contributed by atoms with Crippen LogP contribution in [0.1, 0.15) is 37.3 Å². The fourth-order valence-electron chi connectivity index (χ4n) is 2.81. The molecule has 1 aliphatic carbocycles. The summed E-state index contributed by atoms with van der Waals surface area (Å²) in [7, 11) is 0. The van der Waals surface area contributed by atoms with Crippen molar-refractivity contribution in [2.24, 2.45) is 11.7 Å². The fourth-order valence-corrected chi connectivity index (χ4v) is 2.81. The highest BCUT2D eigenvalue weighted by molar-refractivity contribution is 5.72. The highest BCUT2D eigenvalue weighted by Crippen LogP contribution is 2.33. The first-order chi connectivity index (χ1) is 8.74. The Hall–Kier alpha value is -1.39. The van der Waals surface area contributed by atoms with Crippen LogP contribution in [0.4, 0.5) is 0 Å². The van der Waals surface area contributed by atoms with Gasteiger partial charge in [0.15, 0.2) is 12.0 Å². The van der Waals surface area contributed by atoms with Crippen LogP contribution in [-0.2, 0) is 0 Å². The molecule has 2 aromatic rings. The minimum absolute atomic E-state index is 0.0204. The molecular formula is C14H18N2O2. The van der Waals surface area contributed by atoms with Crippen LogP contribution in [0.5, 0.6) is 0 Å². The molecule has 0 radical (unpaired) electrons. The number of fused-ring (bicyclic) bond motifs is 1. The first kappa shape index (κ1) is 11.7. The molecule has 4 nitrogen and oxygen atoms in total. The summed E-state index contributed by atoms with van der Waals surface area (Å²) in [5, 5.41) is 9.53. The molecule has 3 rings (SSSR count). The minimum atomic E-state index is -0.134. The van der Waals surface area contributed by atoms with Crippen molar-refractivity contribution in [2.45, 2.75) is 37.8 Å². The van der Waals surface area contributed by atoms with Gasteiger partial charge in [0.25, 0.3) is 0 Å². The molecule has 1 aromatic carbocycles. The lowest BCUT2D eigenvalue weighted by Crippen LogP contribution is -2.27. The molecule has 0 saturated heterocycles. The topological polar surface area (TPSA) is 72.3 Å². The second kappa shape index (κ2) is 4.71. The van der Waals surface area contributed by atoms with Gasteiger partial charge < -0.3 is 15.3 Å². The molecule has 0 spiro atoms. The van der Waals surface area contributed by atoms with Crippen LogP contribution in [0.25, 0.3) is 11.1 Å². The summed E-state index contributed by atoms with van der Waals surface area (Å²) in [5.41, 5.74) is 9.09. The number of hydrogen-bond donors (Lipinski definition) is 2. The van der Waals surface area contributed by atoms with Crippen molar-refractivity contribution in [3.05, 3.63) is 30.2 Å². The number of nitrogens with zero attached hydrogens (tertiary/aromatic N) is 1. The van der Waals surface area contributed by atoms with Gasteiger partial charge in [0.2, 0.25) is 0 Å². The Bertz CT molecular complexity index is 529. The highest BCUT2D eigenvalue weighted by atomic mass is 16.3. The first-order valence-corrected chi connectivity index (χ1v) is 6.51. The maximum atomic E-state index is 9.53. The SMILES string of the molecule is NC(c1ccc2ncoc2c1)C1CCC(O)CC1. The Morgan fingerprint density at radius 1 is 1.28 bits per heavy atom. The first-order valence-electron chi connectivity index (χ1n) is 6.51. The summed E-state index contributed by atoms with van der Waals surface area (Å²) in [4.78, 5) is 4.10. The van der Waals surface area contributed by atoms with Crippen LogP contribution in [-0.4, -0.2) is 16.2 Å². The summed E-state index contributed by atoms with van der Waals surface area (Å²) >= 11 is 0. The molecule has 1 unspecified atom stereocenters. The number of aromatic nitrogens is 1. The monoisotopic (exact) mass is 246 g/mol. The highest BCUT2D eigenvalue weighted by Gasteiger charge is 2.25. The molecule has 4 heteroatoms. The van der Waals surface area contributed by atoms with Gasteiger partial charge in [-0.25, -0.2) is 4.98 Å². The van der Waals surface area contributed by atoms with E-state index in [4.69, 9.17) is 10.2 Å². The van der Waals surface area contributed by atoms with Crippen LogP contribution >= 0.6 is 0 Å². The van der Waals surface area contributed by atoms with Gasteiger partial charge in [-0.3, -0.25) is 0 Å². The Balaban J connectivity index is 1.80. The molecule has 0 aliphatic heterocycles. The van der Waals surface area contributed by atoms with Gasteiger partial charge >= 0.3 is 0 Å². The van der Waals surface area contributed by atoms with Gasteiger partial charge in [-0.1, -0.05) is 6.07 Å². The fraction of sp³-hybridized carbons (Fsp3) is 0.500. The number of aliphatic hydroxyl groups excluding tert-OH is 1. The number of oxazole rings is 1. The van der Waals surface area contributed by atoms with Crippen molar-refractivity contribution in [3.8, 4) is 0 Å². The largest absolute Gasteiger partial charge is 0.443 e. The van der Waals surface area contributed by atoms with Crippen LogP contribution < -0.4 is 5.73 Å². The molecule has 96 valence electrons. The van der Waals surface area contributed by atoms with E-state index in [1.54, 1.807) is 0 Å². The van der Waals surface area contributed by atoms with E-state index in [1.165, 1.54) is 6.39 Å². The van der Waals surface area contributed by atoms with E-state index in [0.717, 1.165) is 42.3 Å². The lowest BCUT2D eigenvalue weighted by molar-refractivity contribution is 0.102. The molecule has 1 heterocycles. The van der Waals surface area contributed by atoms with Crippen molar-refractivity contribution >= 4 is 11.1 Å². The molecule has 3 N–H and O–H groups in total. The minimum Gasteiger partial charge on any atom is -0.443 e. The summed E-state index contributed by atoms with van der Waals surface area (Å²) in [6.45, 7) is 0. The number of nitrogens with two attached hydrogens (primary N) is 1. The third kappa shape index (κ3) is 2.13. The zero-order valence-electron chi connectivity index (χ0n) is 10.2. The second-order valence-corrected chi connectivity index (χ2v) is 5.17. The zero-order valence-corrected chi connectivity index (χ0v) is 10.2. The Morgan fingerprint density at radius 2 is 2.06 bits per heavy atom. The van der Waals surface area contributed by atoms with Crippen LogP contribution in [0.2, 0.25) is 0 Å². The van der Waals surface area contributed by atoms with Gasteiger partial charge in [-0.15, -0.1) is 0 Å². The average molecular weight is 246 g/mol. The van der Waals surface area contributed by atoms with Crippen molar-refractivity contribution in [1.29, 1.82) is 0 Å². The number of aliphatic hydroxyl groups is 1. The van der Waals surface area contributed by atoms with E-state index >= 15 is 0 Å². The molecule has 1 saturated carbocycles. The van der Waals surface area contributed by atoms with E-state index in [2.05, 4.69) is 4.98 Å². The standard InChI is InChI=1S/C14H18N2O2/c15-14(9-1-4-11(17)5-2-9)10-3-6-12-13(7-10)18-8-16-12/h3,6-9,11,14,17H,1-2,4-5,15H2. The Kier molecular flexibility index (Phi) is 3.06.